The van der Waals surface area contributed by atoms with E-state index in [2.05, 4.69) is 6.07 Å². The van der Waals surface area contributed by atoms with Crippen molar-refractivity contribution in [3.8, 4) is 11.8 Å². The maximum atomic E-state index is 12.3. The summed E-state index contributed by atoms with van der Waals surface area (Å²) < 4.78 is 5.88. The molecular formula is C20H16N2O3S. The number of imide groups is 1. The Morgan fingerprint density at radius 2 is 1.88 bits per heavy atom. The van der Waals surface area contributed by atoms with Crippen molar-refractivity contribution in [2.45, 2.75) is 13.5 Å². The Bertz CT molecular complexity index is 931. The van der Waals surface area contributed by atoms with Crippen molar-refractivity contribution in [2.24, 2.45) is 0 Å². The molecule has 0 unspecified atom stereocenters. The van der Waals surface area contributed by atoms with Crippen molar-refractivity contribution in [1.82, 2.24) is 4.90 Å². The minimum atomic E-state index is -0.285. The highest BCUT2D eigenvalue weighted by molar-refractivity contribution is 8.18. The Morgan fingerprint density at radius 1 is 1.15 bits per heavy atom. The second kappa shape index (κ2) is 7.89. The molecule has 2 aromatic rings. The number of nitriles is 1. The van der Waals surface area contributed by atoms with Gasteiger partial charge in [-0.05, 0) is 36.9 Å². The van der Waals surface area contributed by atoms with E-state index in [1.807, 2.05) is 30.3 Å². The molecule has 1 aliphatic rings. The zero-order valence-corrected chi connectivity index (χ0v) is 15.0. The van der Waals surface area contributed by atoms with Crippen LogP contribution >= 0.6 is 11.8 Å². The summed E-state index contributed by atoms with van der Waals surface area (Å²) in [5.74, 6) is 0.302. The Labute approximate surface area is 155 Å². The van der Waals surface area contributed by atoms with Crippen molar-refractivity contribution in [3.05, 3.63) is 70.1 Å². The summed E-state index contributed by atoms with van der Waals surface area (Å²) >= 11 is 0.930. The van der Waals surface area contributed by atoms with Crippen molar-refractivity contribution in [1.29, 1.82) is 5.26 Å². The van der Waals surface area contributed by atoms with Gasteiger partial charge in [-0.2, -0.15) is 5.26 Å². The van der Waals surface area contributed by atoms with Crippen molar-refractivity contribution in [3.63, 3.8) is 0 Å². The molecule has 0 saturated carbocycles. The number of carbonyl (C=O) groups excluding carboxylic acids is 2. The standard InChI is InChI=1S/C20H16N2O3S/c1-2-22-19(23)18(26-20(22)24)11-14-7-5-6-10-17(14)25-13-16-9-4-3-8-15(16)12-21/h3-11H,2,13H2,1H3/b18-11+. The van der Waals surface area contributed by atoms with Crippen LogP contribution in [0, 0.1) is 11.3 Å². The van der Waals surface area contributed by atoms with Crippen LogP contribution in [0.2, 0.25) is 0 Å². The minimum Gasteiger partial charge on any atom is -0.488 e. The smallest absolute Gasteiger partial charge is 0.293 e. The molecule has 0 atom stereocenters. The van der Waals surface area contributed by atoms with Crippen molar-refractivity contribution in [2.75, 3.05) is 6.54 Å². The molecule has 1 saturated heterocycles. The zero-order chi connectivity index (χ0) is 18.5. The Balaban J connectivity index is 1.83. The molecule has 1 heterocycles. The van der Waals surface area contributed by atoms with Crippen LogP contribution in [0.15, 0.2) is 53.4 Å². The third kappa shape index (κ3) is 3.63. The number of likely N-dealkylation sites (N-methyl/N-ethyl adjacent to an activating group) is 1. The summed E-state index contributed by atoms with van der Waals surface area (Å²) in [6.45, 7) is 2.36. The summed E-state index contributed by atoms with van der Waals surface area (Å²) in [5.41, 5.74) is 2.06. The molecule has 2 amide bonds. The normalized spacial score (nSPS) is 15.4. The fourth-order valence-corrected chi connectivity index (χ4v) is 3.45. The lowest BCUT2D eigenvalue weighted by atomic mass is 10.1. The van der Waals surface area contributed by atoms with Crippen LogP contribution in [0.25, 0.3) is 6.08 Å². The fraction of sp³-hybridized carbons (Fsp3) is 0.150. The summed E-state index contributed by atoms with van der Waals surface area (Å²) in [6, 6.07) is 16.7. The number of amides is 2. The van der Waals surface area contributed by atoms with E-state index < -0.39 is 0 Å². The molecule has 3 rings (SSSR count). The Kier molecular flexibility index (Phi) is 5.40. The van der Waals surface area contributed by atoms with E-state index in [-0.39, 0.29) is 17.8 Å². The first-order chi connectivity index (χ1) is 12.6. The first-order valence-corrected chi connectivity index (χ1v) is 8.91. The highest BCUT2D eigenvalue weighted by Crippen LogP contribution is 2.33. The highest BCUT2D eigenvalue weighted by atomic mass is 32.2. The van der Waals surface area contributed by atoms with Gasteiger partial charge >= 0.3 is 0 Å². The Morgan fingerprint density at radius 3 is 2.62 bits per heavy atom. The fourth-order valence-electron chi connectivity index (χ4n) is 2.56. The maximum absolute atomic E-state index is 12.3. The predicted molar refractivity (Wildman–Crippen MR) is 100 cm³/mol. The van der Waals surface area contributed by atoms with Gasteiger partial charge in [0, 0.05) is 17.7 Å². The average molecular weight is 364 g/mol. The molecule has 6 heteroatoms. The molecular weight excluding hydrogens is 348 g/mol. The molecule has 0 bridgehead atoms. The van der Waals surface area contributed by atoms with Crippen LogP contribution in [-0.4, -0.2) is 22.6 Å². The zero-order valence-electron chi connectivity index (χ0n) is 14.1. The SMILES string of the molecule is CCN1C(=O)S/C(=C/c2ccccc2OCc2ccccc2C#N)C1=O. The molecule has 0 N–H and O–H groups in total. The lowest BCUT2D eigenvalue weighted by Crippen LogP contribution is -2.27. The molecule has 0 radical (unpaired) electrons. The van der Waals surface area contributed by atoms with Crippen LogP contribution in [-0.2, 0) is 11.4 Å². The van der Waals surface area contributed by atoms with Crippen LogP contribution in [0.5, 0.6) is 5.75 Å². The van der Waals surface area contributed by atoms with E-state index in [1.54, 1.807) is 31.2 Å². The number of hydrogen-bond acceptors (Lipinski definition) is 5. The first-order valence-electron chi connectivity index (χ1n) is 8.09. The van der Waals surface area contributed by atoms with Gasteiger partial charge in [0.25, 0.3) is 11.1 Å². The summed E-state index contributed by atoms with van der Waals surface area (Å²) in [6.07, 6.45) is 1.67. The monoisotopic (exact) mass is 364 g/mol. The molecule has 2 aromatic carbocycles. The third-order valence-corrected chi connectivity index (χ3v) is 4.82. The minimum absolute atomic E-state index is 0.241. The van der Waals surface area contributed by atoms with Gasteiger partial charge in [0.2, 0.25) is 0 Å². The molecule has 26 heavy (non-hydrogen) atoms. The molecule has 0 spiro atoms. The van der Waals surface area contributed by atoms with Crippen molar-refractivity contribution < 1.29 is 14.3 Å². The number of ether oxygens (including phenoxy) is 1. The van der Waals surface area contributed by atoms with Gasteiger partial charge in [-0.3, -0.25) is 14.5 Å². The lowest BCUT2D eigenvalue weighted by Gasteiger charge is -2.11. The number of hydrogen-bond donors (Lipinski definition) is 0. The number of rotatable bonds is 5. The van der Waals surface area contributed by atoms with Gasteiger partial charge in [-0.1, -0.05) is 36.4 Å². The number of para-hydroxylation sites is 1. The average Bonchev–Trinajstić information content (AvgIpc) is 2.94. The molecule has 1 aliphatic heterocycles. The van der Waals surface area contributed by atoms with Crippen molar-refractivity contribution >= 4 is 29.0 Å². The van der Waals surface area contributed by atoms with E-state index in [0.29, 0.717) is 28.3 Å². The Hall–Kier alpha value is -3.04. The lowest BCUT2D eigenvalue weighted by molar-refractivity contribution is -0.122. The first kappa shape index (κ1) is 17.8. The molecule has 5 nitrogen and oxygen atoms in total. The van der Waals surface area contributed by atoms with Gasteiger partial charge in [0.15, 0.2) is 0 Å². The van der Waals surface area contributed by atoms with Gasteiger partial charge in [-0.15, -0.1) is 0 Å². The van der Waals surface area contributed by atoms with Gasteiger partial charge in [-0.25, -0.2) is 0 Å². The summed E-state index contributed by atoms with van der Waals surface area (Å²) in [5, 5.41) is 8.91. The van der Waals surface area contributed by atoms with E-state index in [1.165, 1.54) is 4.90 Å². The topological polar surface area (TPSA) is 70.4 Å². The third-order valence-electron chi connectivity index (χ3n) is 3.92. The second-order valence-corrected chi connectivity index (χ2v) is 6.51. The van der Waals surface area contributed by atoms with Crippen LogP contribution in [0.1, 0.15) is 23.6 Å². The van der Waals surface area contributed by atoms with E-state index in [0.717, 1.165) is 17.3 Å². The number of carbonyl (C=O) groups is 2. The van der Waals surface area contributed by atoms with Crippen LogP contribution < -0.4 is 4.74 Å². The molecule has 1 fully saturated rings. The molecule has 130 valence electrons. The van der Waals surface area contributed by atoms with E-state index in [9.17, 15) is 14.9 Å². The van der Waals surface area contributed by atoms with E-state index in [4.69, 9.17) is 4.74 Å². The summed E-state index contributed by atoms with van der Waals surface area (Å²) in [4.78, 5) is 25.7. The van der Waals surface area contributed by atoms with Gasteiger partial charge in [0.05, 0.1) is 16.5 Å². The summed E-state index contributed by atoms with van der Waals surface area (Å²) in [7, 11) is 0. The predicted octanol–water partition coefficient (Wildman–Crippen LogP) is 4.19. The maximum Gasteiger partial charge on any atom is 0.293 e. The number of nitrogens with zero attached hydrogens (tertiary/aromatic N) is 2. The second-order valence-electron chi connectivity index (χ2n) is 5.52. The largest absolute Gasteiger partial charge is 0.488 e. The van der Waals surface area contributed by atoms with E-state index >= 15 is 0 Å². The van der Waals surface area contributed by atoms with Crippen LogP contribution in [0.4, 0.5) is 4.79 Å². The van der Waals surface area contributed by atoms with Crippen LogP contribution in [0.3, 0.4) is 0 Å². The van der Waals surface area contributed by atoms with Gasteiger partial charge in [0.1, 0.15) is 12.4 Å². The highest BCUT2D eigenvalue weighted by Gasteiger charge is 2.33. The van der Waals surface area contributed by atoms with Gasteiger partial charge < -0.3 is 4.74 Å². The number of thioether (sulfide) groups is 1. The number of benzene rings is 2. The molecule has 0 aromatic heterocycles. The molecule has 0 aliphatic carbocycles. The quantitative estimate of drug-likeness (QED) is 0.744.